The van der Waals surface area contributed by atoms with Crippen LogP contribution in [-0.2, 0) is 30.9 Å². The van der Waals surface area contributed by atoms with E-state index >= 15 is 0 Å². The van der Waals surface area contributed by atoms with Crippen LogP contribution in [0.4, 0.5) is 13.2 Å². The average molecular weight is 855 g/mol. The second-order valence-electron chi connectivity index (χ2n) is 15.2. The maximum absolute atomic E-state index is 14.1. The fourth-order valence-electron chi connectivity index (χ4n) is 7.76. The SMILES string of the molecule is COCc1nnc2n1Cc1c(-c3noc(C4CC4)n3)ncn1-c1ccc(F)cc1-2.Cc1ccc2c(c1)-n1nnc(COc3ccc(F)c(F)c3)c1Cc1c(-c3noc(C)n3)ncn1-2. The molecule has 0 N–H and O–H groups in total. The molecule has 63 heavy (non-hydrogen) atoms. The molecule has 2 aliphatic heterocycles. The topological polar surface area (TPSA) is 193 Å². The van der Waals surface area contributed by atoms with Gasteiger partial charge in [-0.15, -0.1) is 15.3 Å². The summed E-state index contributed by atoms with van der Waals surface area (Å²) in [5, 5.41) is 25.4. The number of ether oxygens (including phenoxy) is 2. The second kappa shape index (κ2) is 15.0. The minimum absolute atomic E-state index is 0.0202. The number of rotatable bonds is 8. The van der Waals surface area contributed by atoms with Crippen molar-refractivity contribution in [1.82, 2.24) is 69.1 Å². The van der Waals surface area contributed by atoms with Crippen molar-refractivity contribution < 1.29 is 31.7 Å². The standard InChI is InChI=1S/C23H17F2N7O2.C19H16FN7O2/c1-12-3-6-18-20(7-12)32-19(9-21-22(26-11-31(18)21)23-27-13(2)34-29-23)17(28-30-32)10-33-14-4-5-15(24)16(25)8-14;1-28-8-15-23-24-18-12-6-11(20)4-5-13(12)27-9-21-16(14(27)7-26(15)18)17-22-19(29-25-17)10-2-3-10/h3-8,11H,9-10H2,1-2H3;4-6,9-10H,2-3,7-8H2,1H3. The van der Waals surface area contributed by atoms with Crippen LogP contribution in [0.5, 0.6) is 5.75 Å². The van der Waals surface area contributed by atoms with E-state index in [4.69, 9.17) is 18.5 Å². The third-order valence-electron chi connectivity index (χ3n) is 11.0. The summed E-state index contributed by atoms with van der Waals surface area (Å²) in [6.07, 6.45) is 5.98. The molecule has 6 aromatic heterocycles. The third kappa shape index (κ3) is 6.72. The Kier molecular flexibility index (Phi) is 9.06. The Bertz CT molecular complexity index is 3210. The van der Waals surface area contributed by atoms with Crippen LogP contribution in [0.25, 0.3) is 51.5 Å². The highest BCUT2D eigenvalue weighted by Crippen LogP contribution is 2.41. The quantitative estimate of drug-likeness (QED) is 0.159. The second-order valence-corrected chi connectivity index (χ2v) is 15.2. The number of imidazole rings is 2. The Labute approximate surface area is 354 Å². The lowest BCUT2D eigenvalue weighted by atomic mass is 10.1. The van der Waals surface area contributed by atoms with Crippen molar-refractivity contribution in [3.05, 3.63) is 131 Å². The van der Waals surface area contributed by atoms with Crippen molar-refractivity contribution in [3.8, 4) is 57.2 Å². The summed E-state index contributed by atoms with van der Waals surface area (Å²) < 4.78 is 70.1. The molecule has 1 saturated carbocycles. The van der Waals surface area contributed by atoms with E-state index in [1.54, 1.807) is 37.4 Å². The van der Waals surface area contributed by atoms with E-state index in [0.717, 1.165) is 64.7 Å². The van der Waals surface area contributed by atoms with Gasteiger partial charge in [0.25, 0.3) is 0 Å². The Hall–Kier alpha value is -7.81. The highest BCUT2D eigenvalue weighted by Gasteiger charge is 2.33. The minimum Gasteiger partial charge on any atom is -0.487 e. The molecule has 12 rings (SSSR count). The van der Waals surface area contributed by atoms with Crippen LogP contribution < -0.4 is 4.74 Å². The van der Waals surface area contributed by atoms with Crippen molar-refractivity contribution in [2.45, 2.75) is 58.8 Å². The molecule has 8 heterocycles. The van der Waals surface area contributed by atoms with Gasteiger partial charge in [-0.05, 0) is 67.8 Å². The van der Waals surface area contributed by atoms with E-state index in [1.165, 1.54) is 18.2 Å². The summed E-state index contributed by atoms with van der Waals surface area (Å²) in [5.74, 6) is 1.45. The van der Waals surface area contributed by atoms with Crippen molar-refractivity contribution in [2.75, 3.05) is 7.11 Å². The van der Waals surface area contributed by atoms with Gasteiger partial charge in [-0.1, -0.05) is 21.6 Å². The van der Waals surface area contributed by atoms with Gasteiger partial charge < -0.3 is 23.1 Å². The van der Waals surface area contributed by atoms with Crippen LogP contribution in [0.1, 0.15) is 64.7 Å². The summed E-state index contributed by atoms with van der Waals surface area (Å²) in [4.78, 5) is 18.0. The van der Waals surface area contributed by atoms with Crippen molar-refractivity contribution in [1.29, 1.82) is 0 Å². The zero-order valence-corrected chi connectivity index (χ0v) is 33.7. The van der Waals surface area contributed by atoms with Crippen LogP contribution >= 0.6 is 0 Å². The molecule has 0 saturated heterocycles. The van der Waals surface area contributed by atoms with Gasteiger partial charge in [-0.2, -0.15) is 9.97 Å². The van der Waals surface area contributed by atoms with Crippen molar-refractivity contribution in [2.24, 2.45) is 0 Å². The Morgan fingerprint density at radius 2 is 1.52 bits per heavy atom. The summed E-state index contributed by atoms with van der Waals surface area (Å²) in [6, 6.07) is 14.0. The van der Waals surface area contributed by atoms with Gasteiger partial charge in [0.05, 0.1) is 40.7 Å². The monoisotopic (exact) mass is 854 g/mol. The molecule has 21 heteroatoms. The van der Waals surface area contributed by atoms with E-state index in [1.807, 2.05) is 38.8 Å². The molecular formula is C42H33F3N14O4. The molecule has 3 aliphatic rings. The molecule has 18 nitrogen and oxygen atoms in total. The largest absolute Gasteiger partial charge is 0.487 e. The molecule has 1 aliphatic carbocycles. The van der Waals surface area contributed by atoms with Crippen molar-refractivity contribution >= 4 is 0 Å². The number of aryl methyl sites for hydroxylation is 2. The van der Waals surface area contributed by atoms with Gasteiger partial charge >= 0.3 is 0 Å². The first kappa shape index (κ1) is 38.1. The molecule has 0 unspecified atom stereocenters. The van der Waals surface area contributed by atoms with Crippen LogP contribution in [0.15, 0.2) is 76.3 Å². The van der Waals surface area contributed by atoms with Crippen molar-refractivity contribution in [3.63, 3.8) is 0 Å². The zero-order chi connectivity index (χ0) is 42.9. The Morgan fingerprint density at radius 3 is 2.30 bits per heavy atom. The summed E-state index contributed by atoms with van der Waals surface area (Å²) in [6.45, 7) is 4.44. The highest BCUT2D eigenvalue weighted by molar-refractivity contribution is 5.71. The fourth-order valence-corrected chi connectivity index (χ4v) is 7.76. The third-order valence-corrected chi connectivity index (χ3v) is 11.0. The van der Waals surface area contributed by atoms with E-state index in [-0.39, 0.29) is 24.8 Å². The lowest BCUT2D eigenvalue weighted by molar-refractivity contribution is 0.174. The normalized spacial score (nSPS) is 13.4. The highest BCUT2D eigenvalue weighted by atomic mass is 19.2. The predicted molar refractivity (Wildman–Crippen MR) is 212 cm³/mol. The number of nitrogens with zero attached hydrogens (tertiary/aromatic N) is 14. The molecular weight excluding hydrogens is 822 g/mol. The Morgan fingerprint density at radius 1 is 0.746 bits per heavy atom. The van der Waals surface area contributed by atoms with E-state index in [0.29, 0.717) is 76.6 Å². The zero-order valence-electron chi connectivity index (χ0n) is 33.7. The molecule has 0 bridgehead atoms. The molecule has 0 spiro atoms. The molecule has 316 valence electrons. The lowest BCUT2D eigenvalue weighted by Crippen LogP contribution is -2.09. The number of hydrogen-bond acceptors (Lipinski definition) is 14. The van der Waals surface area contributed by atoms with Gasteiger partial charge in [0.2, 0.25) is 23.4 Å². The molecule has 0 amide bonds. The van der Waals surface area contributed by atoms with Crippen LogP contribution in [-0.4, -0.2) is 76.3 Å². The van der Waals surface area contributed by atoms with Gasteiger partial charge in [-0.25, -0.2) is 27.8 Å². The molecule has 1 fully saturated rings. The molecule has 0 atom stereocenters. The lowest BCUT2D eigenvalue weighted by Gasteiger charge is -2.10. The fraction of sp³-hybridized carbons (Fsp3) is 0.238. The van der Waals surface area contributed by atoms with Gasteiger partial charge in [0.15, 0.2) is 23.3 Å². The van der Waals surface area contributed by atoms with Gasteiger partial charge in [0, 0.05) is 38.0 Å². The maximum Gasteiger partial charge on any atom is 0.230 e. The minimum atomic E-state index is -0.979. The van der Waals surface area contributed by atoms with Gasteiger partial charge in [-0.3, -0.25) is 9.13 Å². The maximum atomic E-state index is 14.1. The average Bonchev–Trinajstić information content (AvgIpc) is 3.83. The van der Waals surface area contributed by atoms with Crippen LogP contribution in [0.3, 0.4) is 0 Å². The first-order valence-corrected chi connectivity index (χ1v) is 19.8. The summed E-state index contributed by atoms with van der Waals surface area (Å²) in [5.41, 5.74) is 8.37. The van der Waals surface area contributed by atoms with E-state index in [2.05, 4.69) is 50.8 Å². The number of aromatic nitrogens is 14. The molecule has 9 aromatic rings. The molecule has 3 aromatic carbocycles. The first-order valence-electron chi connectivity index (χ1n) is 19.8. The number of benzene rings is 3. The van der Waals surface area contributed by atoms with Crippen LogP contribution in [0, 0.1) is 31.3 Å². The van der Waals surface area contributed by atoms with E-state index < -0.39 is 11.6 Å². The smallest absolute Gasteiger partial charge is 0.230 e. The van der Waals surface area contributed by atoms with Crippen LogP contribution in [0.2, 0.25) is 0 Å². The van der Waals surface area contributed by atoms with Gasteiger partial charge in [0.1, 0.15) is 54.5 Å². The molecule has 0 radical (unpaired) electrons. The number of fused-ring (bicyclic) bond motifs is 10. The summed E-state index contributed by atoms with van der Waals surface area (Å²) in [7, 11) is 1.60. The number of halogens is 3. The summed E-state index contributed by atoms with van der Waals surface area (Å²) >= 11 is 0. The first-order chi connectivity index (χ1) is 30.7. The van der Waals surface area contributed by atoms with E-state index in [9.17, 15) is 13.2 Å². The predicted octanol–water partition coefficient (Wildman–Crippen LogP) is 6.59. The number of methoxy groups -OCH3 is 1. The number of hydrogen-bond donors (Lipinski definition) is 0. The Balaban J connectivity index is 0.000000143.